The van der Waals surface area contributed by atoms with Crippen molar-refractivity contribution in [2.45, 2.75) is 32.0 Å². The van der Waals surface area contributed by atoms with Crippen LogP contribution in [0.25, 0.3) is 0 Å². The van der Waals surface area contributed by atoms with Crippen LogP contribution in [0.2, 0.25) is 0 Å². The Hall–Kier alpha value is -1.46. The number of hydrogen-bond acceptors (Lipinski definition) is 4. The molecular weight excluding hydrogens is 228 g/mol. The molecule has 0 aromatic carbocycles. The van der Waals surface area contributed by atoms with Gasteiger partial charge in [-0.05, 0) is 25.5 Å². The molecule has 2 rings (SSSR count). The number of aromatic nitrogens is 1. The Morgan fingerprint density at radius 3 is 3.06 bits per heavy atom. The summed E-state index contributed by atoms with van der Waals surface area (Å²) in [5, 5.41) is 2.91. The van der Waals surface area contributed by atoms with Gasteiger partial charge < -0.3 is 11.1 Å². The predicted molar refractivity (Wildman–Crippen MR) is 69.7 cm³/mol. The maximum atomic E-state index is 11.9. The van der Waals surface area contributed by atoms with Crippen LogP contribution < -0.4 is 11.1 Å². The van der Waals surface area contributed by atoms with Crippen LogP contribution in [-0.2, 0) is 11.3 Å². The monoisotopic (exact) mass is 248 g/mol. The Kier molecular flexibility index (Phi) is 4.28. The normalized spacial score (nSPS) is 25.6. The molecule has 1 aromatic heterocycles. The highest BCUT2D eigenvalue weighted by Gasteiger charge is 2.31. The van der Waals surface area contributed by atoms with E-state index in [0.29, 0.717) is 19.1 Å². The lowest BCUT2D eigenvalue weighted by molar-refractivity contribution is -0.125. The van der Waals surface area contributed by atoms with E-state index < -0.39 is 0 Å². The molecule has 0 spiro atoms. The molecule has 1 fully saturated rings. The molecule has 5 nitrogen and oxygen atoms in total. The van der Waals surface area contributed by atoms with E-state index in [2.05, 4.69) is 22.1 Å². The number of carbonyl (C=O) groups is 1. The SMILES string of the molecule is CC1CCNC(=O)C(CN)N1Cc1ccccn1. The number of pyridine rings is 1. The highest BCUT2D eigenvalue weighted by molar-refractivity contribution is 5.82. The summed E-state index contributed by atoms with van der Waals surface area (Å²) in [6, 6.07) is 5.89. The van der Waals surface area contributed by atoms with Gasteiger partial charge in [-0.1, -0.05) is 6.07 Å². The fraction of sp³-hybridized carbons (Fsp3) is 0.538. The number of nitrogens with two attached hydrogens (primary N) is 1. The van der Waals surface area contributed by atoms with Gasteiger partial charge in [-0.15, -0.1) is 0 Å². The van der Waals surface area contributed by atoms with Crippen LogP contribution in [-0.4, -0.2) is 41.0 Å². The van der Waals surface area contributed by atoms with Crippen molar-refractivity contribution in [1.82, 2.24) is 15.2 Å². The van der Waals surface area contributed by atoms with Crippen LogP contribution in [0.4, 0.5) is 0 Å². The molecule has 1 aliphatic heterocycles. The summed E-state index contributed by atoms with van der Waals surface area (Å²) in [4.78, 5) is 18.4. The van der Waals surface area contributed by atoms with E-state index in [1.807, 2.05) is 18.2 Å². The molecule has 0 aliphatic carbocycles. The fourth-order valence-corrected chi connectivity index (χ4v) is 2.33. The number of amides is 1. The summed E-state index contributed by atoms with van der Waals surface area (Å²) in [6.45, 7) is 3.85. The summed E-state index contributed by atoms with van der Waals surface area (Å²) in [5.74, 6) is 0.0257. The first kappa shape index (κ1) is 13.0. The van der Waals surface area contributed by atoms with E-state index in [-0.39, 0.29) is 11.9 Å². The van der Waals surface area contributed by atoms with Crippen molar-refractivity contribution in [1.29, 1.82) is 0 Å². The molecular formula is C13H20N4O. The Morgan fingerprint density at radius 2 is 2.39 bits per heavy atom. The van der Waals surface area contributed by atoms with Crippen molar-refractivity contribution in [3.05, 3.63) is 30.1 Å². The van der Waals surface area contributed by atoms with Gasteiger partial charge in [0.2, 0.25) is 5.91 Å². The predicted octanol–water partition coefficient (Wildman–Crippen LogP) is 0.119. The average Bonchev–Trinajstić information content (AvgIpc) is 2.51. The third-order valence-corrected chi connectivity index (χ3v) is 3.42. The standard InChI is InChI=1S/C13H20N4O/c1-10-5-7-16-13(18)12(8-14)17(10)9-11-4-2-3-6-15-11/h2-4,6,10,12H,5,7-9,14H2,1H3,(H,16,18). The van der Waals surface area contributed by atoms with Gasteiger partial charge in [-0.25, -0.2) is 0 Å². The molecule has 98 valence electrons. The van der Waals surface area contributed by atoms with E-state index in [9.17, 15) is 4.79 Å². The van der Waals surface area contributed by atoms with Crippen molar-refractivity contribution in [2.75, 3.05) is 13.1 Å². The van der Waals surface area contributed by atoms with Crippen molar-refractivity contribution >= 4 is 5.91 Å². The van der Waals surface area contributed by atoms with Gasteiger partial charge in [0.1, 0.15) is 6.04 Å². The molecule has 1 amide bonds. The van der Waals surface area contributed by atoms with Gasteiger partial charge in [0, 0.05) is 31.9 Å². The lowest BCUT2D eigenvalue weighted by Gasteiger charge is -2.31. The third kappa shape index (κ3) is 2.86. The fourth-order valence-electron chi connectivity index (χ4n) is 2.33. The summed E-state index contributed by atoms with van der Waals surface area (Å²) in [7, 11) is 0. The zero-order valence-electron chi connectivity index (χ0n) is 10.7. The second-order valence-corrected chi connectivity index (χ2v) is 4.67. The average molecular weight is 248 g/mol. The lowest BCUT2D eigenvalue weighted by atomic mass is 10.1. The summed E-state index contributed by atoms with van der Waals surface area (Å²) in [6.07, 6.45) is 2.71. The maximum absolute atomic E-state index is 11.9. The van der Waals surface area contributed by atoms with Crippen LogP contribution in [0, 0.1) is 0 Å². The van der Waals surface area contributed by atoms with Gasteiger partial charge in [-0.3, -0.25) is 14.7 Å². The second-order valence-electron chi connectivity index (χ2n) is 4.67. The number of nitrogens with one attached hydrogen (secondary N) is 1. The van der Waals surface area contributed by atoms with Crippen molar-refractivity contribution in [2.24, 2.45) is 5.73 Å². The molecule has 18 heavy (non-hydrogen) atoms. The van der Waals surface area contributed by atoms with E-state index in [0.717, 1.165) is 18.7 Å². The molecule has 2 atom stereocenters. The first-order valence-electron chi connectivity index (χ1n) is 6.36. The number of hydrogen-bond donors (Lipinski definition) is 2. The quantitative estimate of drug-likeness (QED) is 0.797. The van der Waals surface area contributed by atoms with Gasteiger partial charge in [0.15, 0.2) is 0 Å². The molecule has 1 saturated heterocycles. The zero-order valence-corrected chi connectivity index (χ0v) is 10.7. The molecule has 1 aliphatic rings. The van der Waals surface area contributed by atoms with Crippen LogP contribution >= 0.6 is 0 Å². The van der Waals surface area contributed by atoms with Crippen molar-refractivity contribution in [3.63, 3.8) is 0 Å². The van der Waals surface area contributed by atoms with Crippen LogP contribution in [0.3, 0.4) is 0 Å². The Labute approximate surface area is 107 Å². The van der Waals surface area contributed by atoms with Gasteiger partial charge in [0.25, 0.3) is 0 Å². The lowest BCUT2D eigenvalue weighted by Crippen LogP contribution is -2.50. The summed E-state index contributed by atoms with van der Waals surface area (Å²) >= 11 is 0. The van der Waals surface area contributed by atoms with Gasteiger partial charge in [0.05, 0.1) is 5.69 Å². The third-order valence-electron chi connectivity index (χ3n) is 3.42. The van der Waals surface area contributed by atoms with Crippen molar-refractivity contribution in [3.8, 4) is 0 Å². The van der Waals surface area contributed by atoms with E-state index >= 15 is 0 Å². The minimum absolute atomic E-state index is 0.0257. The minimum Gasteiger partial charge on any atom is -0.355 e. The summed E-state index contributed by atoms with van der Waals surface area (Å²) < 4.78 is 0. The number of carbonyl (C=O) groups excluding carboxylic acids is 1. The topological polar surface area (TPSA) is 71.2 Å². The maximum Gasteiger partial charge on any atom is 0.238 e. The Balaban J connectivity index is 2.17. The number of rotatable bonds is 3. The van der Waals surface area contributed by atoms with E-state index in [1.54, 1.807) is 6.20 Å². The zero-order chi connectivity index (χ0) is 13.0. The van der Waals surface area contributed by atoms with Gasteiger partial charge in [-0.2, -0.15) is 0 Å². The Morgan fingerprint density at radius 1 is 1.56 bits per heavy atom. The first-order chi connectivity index (χ1) is 8.72. The van der Waals surface area contributed by atoms with Gasteiger partial charge >= 0.3 is 0 Å². The molecule has 2 heterocycles. The number of nitrogens with zero attached hydrogens (tertiary/aromatic N) is 2. The first-order valence-corrected chi connectivity index (χ1v) is 6.36. The molecule has 2 unspecified atom stereocenters. The highest BCUT2D eigenvalue weighted by Crippen LogP contribution is 2.15. The molecule has 0 saturated carbocycles. The minimum atomic E-state index is -0.260. The van der Waals surface area contributed by atoms with E-state index in [1.165, 1.54) is 0 Å². The van der Waals surface area contributed by atoms with Crippen LogP contribution in [0.1, 0.15) is 19.0 Å². The smallest absolute Gasteiger partial charge is 0.238 e. The summed E-state index contributed by atoms with van der Waals surface area (Å²) in [5.41, 5.74) is 6.72. The molecule has 0 radical (unpaired) electrons. The molecule has 5 heteroatoms. The van der Waals surface area contributed by atoms with Crippen LogP contribution in [0.15, 0.2) is 24.4 Å². The Bertz CT molecular complexity index is 395. The van der Waals surface area contributed by atoms with Crippen LogP contribution in [0.5, 0.6) is 0 Å². The second kappa shape index (κ2) is 5.93. The highest BCUT2D eigenvalue weighted by atomic mass is 16.2. The van der Waals surface area contributed by atoms with E-state index in [4.69, 9.17) is 5.73 Å². The molecule has 3 N–H and O–H groups in total. The molecule has 1 aromatic rings. The van der Waals surface area contributed by atoms with Crippen molar-refractivity contribution < 1.29 is 4.79 Å². The molecule has 0 bridgehead atoms. The largest absolute Gasteiger partial charge is 0.355 e.